The van der Waals surface area contributed by atoms with Gasteiger partial charge in [-0.15, -0.1) is 12.4 Å². The first-order chi connectivity index (χ1) is 9.72. The average molecular weight is 323 g/mol. The Kier molecular flexibility index (Phi) is 5.65. The highest BCUT2D eigenvalue weighted by molar-refractivity contribution is 6.30. The maximum atomic E-state index is 6.32. The van der Waals surface area contributed by atoms with E-state index in [0.717, 1.165) is 24.7 Å². The lowest BCUT2D eigenvalue weighted by Crippen LogP contribution is -2.28. The van der Waals surface area contributed by atoms with E-state index in [0.29, 0.717) is 5.92 Å². The minimum Gasteiger partial charge on any atom is -0.326 e. The smallest absolute Gasteiger partial charge is 0.0406 e. The summed E-state index contributed by atoms with van der Waals surface area (Å²) in [5.74, 6) is 0.434. The zero-order valence-electron chi connectivity index (χ0n) is 11.8. The predicted molar refractivity (Wildman–Crippen MR) is 91.1 cm³/mol. The van der Waals surface area contributed by atoms with Gasteiger partial charge in [0.1, 0.15) is 0 Å². The van der Waals surface area contributed by atoms with Gasteiger partial charge in [-0.2, -0.15) is 0 Å². The largest absolute Gasteiger partial charge is 0.326 e. The van der Waals surface area contributed by atoms with Crippen LogP contribution in [0.5, 0.6) is 0 Å². The van der Waals surface area contributed by atoms with Crippen molar-refractivity contribution < 1.29 is 0 Å². The molecule has 0 radical (unpaired) electrons. The number of hydrogen-bond acceptors (Lipinski definition) is 2. The molecule has 0 bridgehead atoms. The molecular formula is C17H20Cl2N2. The third-order valence-electron chi connectivity index (χ3n) is 3.99. The van der Waals surface area contributed by atoms with E-state index in [4.69, 9.17) is 17.3 Å². The molecule has 4 heteroatoms. The Morgan fingerprint density at radius 3 is 2.33 bits per heavy atom. The van der Waals surface area contributed by atoms with E-state index < -0.39 is 0 Å². The van der Waals surface area contributed by atoms with E-state index in [2.05, 4.69) is 47.4 Å². The highest BCUT2D eigenvalue weighted by Crippen LogP contribution is 2.27. The summed E-state index contributed by atoms with van der Waals surface area (Å²) in [5.41, 5.74) is 8.95. The molecule has 112 valence electrons. The molecule has 21 heavy (non-hydrogen) atoms. The second-order valence-corrected chi connectivity index (χ2v) is 5.94. The molecule has 3 rings (SSSR count). The molecule has 0 spiro atoms. The van der Waals surface area contributed by atoms with E-state index in [1.165, 1.54) is 11.1 Å². The molecule has 2 nitrogen and oxygen atoms in total. The summed E-state index contributed by atoms with van der Waals surface area (Å²) in [7, 11) is 0. The molecule has 1 aliphatic rings. The van der Waals surface area contributed by atoms with Crippen LogP contribution in [0.1, 0.15) is 17.0 Å². The van der Waals surface area contributed by atoms with Crippen molar-refractivity contribution in [3.05, 3.63) is 70.7 Å². The molecule has 2 atom stereocenters. The quantitative estimate of drug-likeness (QED) is 0.933. The number of nitrogens with two attached hydrogens (primary N) is 1. The van der Waals surface area contributed by atoms with Crippen molar-refractivity contribution in [2.24, 2.45) is 5.73 Å². The fourth-order valence-electron chi connectivity index (χ4n) is 2.94. The topological polar surface area (TPSA) is 29.3 Å². The Balaban J connectivity index is 0.00000161. The molecule has 0 aliphatic carbocycles. The first-order valence-corrected chi connectivity index (χ1v) is 7.37. The second kappa shape index (κ2) is 7.28. The SMILES string of the molecule is Cl.N[C@@H]1CN(Cc2ccc(Cl)cc2)C[C@H]1c1ccccc1. The van der Waals surface area contributed by atoms with Crippen LogP contribution in [0.2, 0.25) is 5.02 Å². The minimum atomic E-state index is 0. The predicted octanol–water partition coefficient (Wildman–Crippen LogP) is 3.69. The summed E-state index contributed by atoms with van der Waals surface area (Å²) in [6.07, 6.45) is 0. The third-order valence-corrected chi connectivity index (χ3v) is 4.24. The first kappa shape index (κ1) is 16.3. The highest BCUT2D eigenvalue weighted by Gasteiger charge is 2.30. The molecule has 1 heterocycles. The van der Waals surface area contributed by atoms with Crippen molar-refractivity contribution in [2.75, 3.05) is 13.1 Å². The lowest BCUT2D eigenvalue weighted by Gasteiger charge is -2.16. The van der Waals surface area contributed by atoms with Crippen LogP contribution in [0.25, 0.3) is 0 Å². The van der Waals surface area contributed by atoms with Gasteiger partial charge in [0, 0.05) is 36.6 Å². The summed E-state index contributed by atoms with van der Waals surface area (Å²) in [6, 6.07) is 18.9. The van der Waals surface area contributed by atoms with Gasteiger partial charge in [0.25, 0.3) is 0 Å². The maximum absolute atomic E-state index is 6.32. The van der Waals surface area contributed by atoms with E-state index in [1.54, 1.807) is 0 Å². The summed E-state index contributed by atoms with van der Waals surface area (Å²) in [5, 5.41) is 0.786. The van der Waals surface area contributed by atoms with Crippen molar-refractivity contribution in [2.45, 2.75) is 18.5 Å². The summed E-state index contributed by atoms with van der Waals surface area (Å²) < 4.78 is 0. The van der Waals surface area contributed by atoms with Crippen LogP contribution in [0, 0.1) is 0 Å². The van der Waals surface area contributed by atoms with Gasteiger partial charge in [0.15, 0.2) is 0 Å². The van der Waals surface area contributed by atoms with Crippen molar-refractivity contribution in [1.29, 1.82) is 0 Å². The number of nitrogens with zero attached hydrogens (tertiary/aromatic N) is 1. The van der Waals surface area contributed by atoms with Gasteiger partial charge in [-0.05, 0) is 23.3 Å². The Bertz CT molecular complexity index is 557. The summed E-state index contributed by atoms with van der Waals surface area (Å²) in [4.78, 5) is 2.42. The molecule has 0 amide bonds. The Labute approximate surface area is 137 Å². The van der Waals surface area contributed by atoms with E-state index in [1.807, 2.05) is 12.1 Å². The Hall–Kier alpha value is -1.06. The van der Waals surface area contributed by atoms with Crippen LogP contribution in [0.15, 0.2) is 54.6 Å². The van der Waals surface area contributed by atoms with Crippen molar-refractivity contribution >= 4 is 24.0 Å². The molecule has 2 aromatic rings. The third kappa shape index (κ3) is 3.98. The number of likely N-dealkylation sites (tertiary alicyclic amines) is 1. The lowest BCUT2D eigenvalue weighted by molar-refractivity contribution is 0.324. The van der Waals surface area contributed by atoms with Gasteiger partial charge in [0.2, 0.25) is 0 Å². The number of halogens is 2. The summed E-state index contributed by atoms with van der Waals surface area (Å²) in [6.45, 7) is 2.91. The normalized spacial score (nSPS) is 22.0. The maximum Gasteiger partial charge on any atom is 0.0406 e. The molecule has 1 aliphatic heterocycles. The molecular weight excluding hydrogens is 303 g/mol. The molecule has 0 saturated carbocycles. The van der Waals surface area contributed by atoms with Crippen molar-refractivity contribution in [1.82, 2.24) is 4.90 Å². The molecule has 1 fully saturated rings. The van der Waals surface area contributed by atoms with Gasteiger partial charge in [-0.3, -0.25) is 4.90 Å². The zero-order chi connectivity index (χ0) is 13.9. The zero-order valence-corrected chi connectivity index (χ0v) is 13.4. The van der Waals surface area contributed by atoms with Gasteiger partial charge < -0.3 is 5.73 Å². The van der Waals surface area contributed by atoms with E-state index >= 15 is 0 Å². The van der Waals surface area contributed by atoms with Gasteiger partial charge in [-0.1, -0.05) is 54.1 Å². The number of benzene rings is 2. The number of hydrogen-bond donors (Lipinski definition) is 1. The van der Waals surface area contributed by atoms with Crippen LogP contribution in [-0.2, 0) is 6.54 Å². The van der Waals surface area contributed by atoms with Crippen LogP contribution >= 0.6 is 24.0 Å². The number of rotatable bonds is 3. The Morgan fingerprint density at radius 1 is 1.00 bits per heavy atom. The average Bonchev–Trinajstić information content (AvgIpc) is 2.83. The van der Waals surface area contributed by atoms with Gasteiger partial charge in [-0.25, -0.2) is 0 Å². The summed E-state index contributed by atoms with van der Waals surface area (Å²) >= 11 is 5.92. The monoisotopic (exact) mass is 322 g/mol. The van der Waals surface area contributed by atoms with Crippen LogP contribution in [-0.4, -0.2) is 24.0 Å². The Morgan fingerprint density at radius 2 is 1.67 bits per heavy atom. The molecule has 2 N–H and O–H groups in total. The fourth-order valence-corrected chi connectivity index (χ4v) is 3.07. The second-order valence-electron chi connectivity index (χ2n) is 5.50. The lowest BCUT2D eigenvalue weighted by atomic mass is 9.95. The van der Waals surface area contributed by atoms with Crippen molar-refractivity contribution in [3.8, 4) is 0 Å². The van der Waals surface area contributed by atoms with Crippen molar-refractivity contribution in [3.63, 3.8) is 0 Å². The van der Waals surface area contributed by atoms with Crippen LogP contribution in [0.4, 0.5) is 0 Å². The molecule has 1 saturated heterocycles. The van der Waals surface area contributed by atoms with Crippen LogP contribution < -0.4 is 5.73 Å². The van der Waals surface area contributed by atoms with Gasteiger partial charge >= 0.3 is 0 Å². The minimum absolute atomic E-state index is 0. The van der Waals surface area contributed by atoms with E-state index in [9.17, 15) is 0 Å². The molecule has 0 aromatic heterocycles. The molecule has 0 unspecified atom stereocenters. The van der Waals surface area contributed by atoms with Gasteiger partial charge in [0.05, 0.1) is 0 Å². The highest BCUT2D eigenvalue weighted by atomic mass is 35.5. The van der Waals surface area contributed by atoms with E-state index in [-0.39, 0.29) is 18.4 Å². The fraction of sp³-hybridized carbons (Fsp3) is 0.294. The first-order valence-electron chi connectivity index (χ1n) is 7.00. The molecule has 2 aromatic carbocycles. The standard InChI is InChI=1S/C17H19ClN2.ClH/c18-15-8-6-13(7-9-15)10-20-11-16(17(19)12-20)14-4-2-1-3-5-14;/h1-9,16-17H,10-12,19H2;1H/t16-,17+;/m0./s1. The van der Waals surface area contributed by atoms with Crippen LogP contribution in [0.3, 0.4) is 0 Å².